The van der Waals surface area contributed by atoms with Crippen LogP contribution in [0.3, 0.4) is 0 Å². The number of hydrogen-bond donors (Lipinski definition) is 2. The maximum Gasteiger partial charge on any atom is 0.252 e. The third kappa shape index (κ3) is 5.86. The first-order valence-electron chi connectivity index (χ1n) is 12.5. The minimum absolute atomic E-state index is 0.0694. The van der Waals surface area contributed by atoms with Crippen molar-refractivity contribution in [3.05, 3.63) is 97.9 Å². The van der Waals surface area contributed by atoms with E-state index in [0.717, 1.165) is 22.9 Å². The Morgan fingerprint density at radius 2 is 1.89 bits per heavy atom. The van der Waals surface area contributed by atoms with E-state index < -0.39 is 11.6 Å². The zero-order valence-corrected chi connectivity index (χ0v) is 23.6. The first kappa shape index (κ1) is 27.0. The van der Waals surface area contributed by atoms with E-state index in [0.29, 0.717) is 52.3 Å². The molecule has 1 amide bonds. The minimum Gasteiger partial charge on any atom is -0.494 e. The van der Waals surface area contributed by atoms with E-state index in [2.05, 4.69) is 21.2 Å². The van der Waals surface area contributed by atoms with E-state index in [1.807, 2.05) is 48.5 Å². The number of halogens is 3. The van der Waals surface area contributed by atoms with E-state index in [1.165, 1.54) is 0 Å². The molecule has 198 valence electrons. The lowest BCUT2D eigenvalue weighted by atomic mass is 9.82. The van der Waals surface area contributed by atoms with Gasteiger partial charge in [0.05, 0.1) is 6.61 Å². The van der Waals surface area contributed by atoms with E-state index in [1.54, 1.807) is 18.2 Å². The molecule has 2 N–H and O–H groups in total. The van der Waals surface area contributed by atoms with Gasteiger partial charge in [-0.1, -0.05) is 63.4 Å². The molecule has 0 spiro atoms. The van der Waals surface area contributed by atoms with E-state index in [4.69, 9.17) is 42.8 Å². The summed E-state index contributed by atoms with van der Waals surface area (Å²) in [6.45, 7) is 0.487. The Kier molecular flexibility index (Phi) is 8.29. The van der Waals surface area contributed by atoms with Gasteiger partial charge in [-0.15, -0.1) is 0 Å². The molecular weight excluding hydrogens is 591 g/mol. The molecule has 1 heterocycles. The lowest BCUT2D eigenvalue weighted by molar-refractivity contribution is -0.129. The van der Waals surface area contributed by atoms with Crippen molar-refractivity contribution in [2.24, 2.45) is 4.99 Å². The highest BCUT2D eigenvalue weighted by Crippen LogP contribution is 2.46. The SMILES string of the molecule is O=C(NC1CC1)[C@]1(Cc2ccccc2Br)N=C(c2ccc(OCCCO)cc2)O[C@@H]1c1ccc(Cl)cc1Cl. The van der Waals surface area contributed by atoms with Gasteiger partial charge in [0.2, 0.25) is 5.90 Å². The summed E-state index contributed by atoms with van der Waals surface area (Å²) in [7, 11) is 0. The number of benzene rings is 3. The van der Waals surface area contributed by atoms with Crippen LogP contribution in [-0.2, 0) is 16.0 Å². The highest BCUT2D eigenvalue weighted by Gasteiger charge is 2.54. The van der Waals surface area contributed by atoms with Gasteiger partial charge in [0.1, 0.15) is 5.75 Å². The maximum atomic E-state index is 14.0. The molecular formula is C29H27BrCl2N2O4. The van der Waals surface area contributed by atoms with Crippen LogP contribution in [0, 0.1) is 0 Å². The zero-order chi connectivity index (χ0) is 26.7. The summed E-state index contributed by atoms with van der Waals surface area (Å²) in [6, 6.07) is 20.5. The second-order valence-electron chi connectivity index (χ2n) is 9.47. The van der Waals surface area contributed by atoms with Crippen molar-refractivity contribution in [2.75, 3.05) is 13.2 Å². The number of carbonyl (C=O) groups is 1. The van der Waals surface area contributed by atoms with Crippen LogP contribution in [0.4, 0.5) is 0 Å². The highest BCUT2D eigenvalue weighted by atomic mass is 79.9. The predicted octanol–water partition coefficient (Wildman–Crippen LogP) is 6.30. The zero-order valence-electron chi connectivity index (χ0n) is 20.5. The van der Waals surface area contributed by atoms with Gasteiger partial charge in [0, 0.05) is 51.1 Å². The Hall–Kier alpha value is -2.58. The molecule has 1 saturated carbocycles. The third-order valence-electron chi connectivity index (χ3n) is 6.61. The molecule has 38 heavy (non-hydrogen) atoms. The molecule has 5 rings (SSSR count). The van der Waals surface area contributed by atoms with Crippen molar-refractivity contribution in [2.45, 2.75) is 43.4 Å². The second-order valence-corrected chi connectivity index (χ2v) is 11.2. The fraction of sp³-hybridized carbons (Fsp3) is 0.310. The van der Waals surface area contributed by atoms with Crippen LogP contribution in [0.25, 0.3) is 0 Å². The Labute approximate surface area is 240 Å². The average molecular weight is 618 g/mol. The largest absolute Gasteiger partial charge is 0.494 e. The molecule has 0 unspecified atom stereocenters. The number of nitrogens with zero attached hydrogens (tertiary/aromatic N) is 1. The molecule has 6 nitrogen and oxygen atoms in total. The first-order chi connectivity index (χ1) is 18.4. The van der Waals surface area contributed by atoms with Gasteiger partial charge in [-0.05, 0) is 60.9 Å². The number of nitrogens with one attached hydrogen (secondary N) is 1. The normalized spacial score (nSPS) is 20.5. The third-order valence-corrected chi connectivity index (χ3v) is 7.94. The van der Waals surface area contributed by atoms with Gasteiger partial charge in [-0.3, -0.25) is 4.79 Å². The standard InChI is InChI=1S/C29H27BrCl2N2O4/c30-24-5-2-1-4-19(24)17-29(28(36)33-21-9-10-21)26(23-13-8-20(31)16-25(23)32)38-27(34-29)18-6-11-22(12-7-18)37-15-3-14-35/h1-2,4-8,11-13,16,21,26,35H,3,9-10,14-15,17H2,(H,33,36)/t26-,29-/m1/s1. The van der Waals surface area contributed by atoms with Crippen LogP contribution >= 0.6 is 39.1 Å². The van der Waals surface area contributed by atoms with Gasteiger partial charge < -0.3 is 19.9 Å². The fourth-order valence-corrected chi connectivity index (χ4v) is 5.38. The summed E-state index contributed by atoms with van der Waals surface area (Å²) >= 11 is 16.5. The quantitative estimate of drug-likeness (QED) is 0.262. The highest BCUT2D eigenvalue weighted by molar-refractivity contribution is 9.10. The molecule has 1 aliphatic carbocycles. The number of carbonyl (C=O) groups excluding carboxylic acids is 1. The smallest absolute Gasteiger partial charge is 0.252 e. The second kappa shape index (κ2) is 11.7. The fourth-order valence-electron chi connectivity index (χ4n) is 4.44. The molecule has 0 saturated heterocycles. The topological polar surface area (TPSA) is 80.2 Å². The Balaban J connectivity index is 1.58. The van der Waals surface area contributed by atoms with Gasteiger partial charge in [-0.2, -0.15) is 0 Å². The lowest BCUT2D eigenvalue weighted by Crippen LogP contribution is -2.50. The molecule has 3 aromatic carbocycles. The Morgan fingerprint density at radius 1 is 1.13 bits per heavy atom. The molecule has 0 aromatic heterocycles. The first-order valence-corrected chi connectivity index (χ1v) is 14.0. The van der Waals surface area contributed by atoms with Crippen LogP contribution < -0.4 is 10.1 Å². The summed E-state index contributed by atoms with van der Waals surface area (Å²) in [6.07, 6.45) is 1.95. The number of aliphatic imine (C=N–C) groups is 1. The van der Waals surface area contributed by atoms with Crippen LogP contribution in [-0.4, -0.2) is 41.7 Å². The van der Waals surface area contributed by atoms with Gasteiger partial charge >= 0.3 is 0 Å². The van der Waals surface area contributed by atoms with Crippen molar-refractivity contribution in [3.63, 3.8) is 0 Å². The van der Waals surface area contributed by atoms with Crippen molar-refractivity contribution in [1.29, 1.82) is 0 Å². The number of aliphatic hydroxyl groups is 1. The van der Waals surface area contributed by atoms with Crippen LogP contribution in [0.15, 0.2) is 76.2 Å². The molecule has 9 heteroatoms. The number of ether oxygens (including phenoxy) is 2. The van der Waals surface area contributed by atoms with E-state index >= 15 is 0 Å². The number of aliphatic hydroxyl groups excluding tert-OH is 1. The number of hydrogen-bond acceptors (Lipinski definition) is 5. The van der Waals surface area contributed by atoms with E-state index in [-0.39, 0.29) is 18.6 Å². The van der Waals surface area contributed by atoms with E-state index in [9.17, 15) is 4.79 Å². The summed E-state index contributed by atoms with van der Waals surface area (Å²) in [5.41, 5.74) is 0.963. The number of amides is 1. The Bertz CT molecular complexity index is 1350. The summed E-state index contributed by atoms with van der Waals surface area (Å²) in [4.78, 5) is 19.1. The summed E-state index contributed by atoms with van der Waals surface area (Å²) < 4.78 is 13.1. The van der Waals surface area contributed by atoms with Crippen molar-refractivity contribution >= 4 is 50.9 Å². The minimum atomic E-state index is -1.31. The van der Waals surface area contributed by atoms with Gasteiger partial charge in [-0.25, -0.2) is 4.99 Å². The summed E-state index contributed by atoms with van der Waals surface area (Å²) in [5, 5.41) is 13.1. The van der Waals surface area contributed by atoms with Crippen LogP contribution in [0.5, 0.6) is 5.75 Å². The molecule has 2 atom stereocenters. The molecule has 2 aliphatic rings. The molecule has 0 bridgehead atoms. The predicted molar refractivity (Wildman–Crippen MR) is 152 cm³/mol. The monoisotopic (exact) mass is 616 g/mol. The van der Waals surface area contributed by atoms with Crippen molar-refractivity contribution in [1.82, 2.24) is 5.32 Å². The molecule has 1 aliphatic heterocycles. The summed E-state index contributed by atoms with van der Waals surface area (Å²) in [5.74, 6) is 0.815. The van der Waals surface area contributed by atoms with Crippen molar-refractivity contribution in [3.8, 4) is 5.75 Å². The van der Waals surface area contributed by atoms with Gasteiger partial charge in [0.25, 0.3) is 5.91 Å². The van der Waals surface area contributed by atoms with Crippen LogP contribution in [0.1, 0.15) is 42.1 Å². The van der Waals surface area contributed by atoms with Crippen LogP contribution in [0.2, 0.25) is 10.0 Å². The molecule has 0 radical (unpaired) electrons. The van der Waals surface area contributed by atoms with Crippen molar-refractivity contribution < 1.29 is 19.4 Å². The Morgan fingerprint density at radius 3 is 2.58 bits per heavy atom. The molecule has 1 fully saturated rings. The lowest BCUT2D eigenvalue weighted by Gasteiger charge is -2.31. The van der Waals surface area contributed by atoms with Gasteiger partial charge in [0.15, 0.2) is 11.6 Å². The number of rotatable bonds is 10. The average Bonchev–Trinajstić information content (AvgIpc) is 3.64. The molecule has 3 aromatic rings. The maximum absolute atomic E-state index is 14.0.